The van der Waals surface area contributed by atoms with Crippen LogP contribution in [-0.2, 0) is 71.0 Å². The third-order valence-electron chi connectivity index (χ3n) is 9.85. The number of rotatable bonds is 17. The van der Waals surface area contributed by atoms with Crippen molar-refractivity contribution in [3.05, 3.63) is 179 Å². The van der Waals surface area contributed by atoms with Crippen LogP contribution in [0.25, 0.3) is 0 Å². The Balaban J connectivity index is 1.28. The molecule has 2 saturated heterocycles. The molecule has 9 heteroatoms. The topological polar surface area (TPSA) is 84.9 Å². The van der Waals surface area contributed by atoms with Gasteiger partial charge in [0.15, 0.2) is 0 Å². The number of carbonyl (C=O) groups is 1. The first-order chi connectivity index (χ1) is 27.1. The Labute approximate surface area is 323 Å². The number of esters is 1. The van der Waals surface area contributed by atoms with Gasteiger partial charge in [0, 0.05) is 6.42 Å². The van der Waals surface area contributed by atoms with Crippen molar-refractivity contribution in [2.24, 2.45) is 0 Å². The molecule has 2 aliphatic rings. The van der Waals surface area contributed by atoms with E-state index in [1.54, 1.807) is 12.0 Å². The second kappa shape index (κ2) is 19.2. The zero-order valence-corrected chi connectivity index (χ0v) is 31.2. The summed E-state index contributed by atoms with van der Waals surface area (Å²) >= 11 is 0. The standard InChI is InChI=1S/C46H49NO8/c1-2-50-45(48)40-28-46(55-47(40)29-35-18-8-3-9-19-35)44(53-33-39-26-16-7-17-27-39)43(52-32-38-24-14-6-15-25-38)42(51-31-37-22-12-5-13-23-37)41(54-46)34-49-30-36-20-10-4-11-21-36/h3-27,40-44H,2,28-34H2,1H3/t40-,41-,42-,43+,44+,46+/m1/s1. The van der Waals surface area contributed by atoms with Crippen molar-refractivity contribution in [2.75, 3.05) is 13.2 Å². The summed E-state index contributed by atoms with van der Waals surface area (Å²) in [5, 5.41) is 1.67. The van der Waals surface area contributed by atoms with E-state index in [4.69, 9.17) is 33.3 Å². The lowest BCUT2D eigenvalue weighted by atomic mass is 9.88. The van der Waals surface area contributed by atoms with Crippen LogP contribution in [0, 0.1) is 0 Å². The van der Waals surface area contributed by atoms with Crippen molar-refractivity contribution in [2.45, 2.75) is 82.6 Å². The van der Waals surface area contributed by atoms with Crippen LogP contribution in [0.15, 0.2) is 152 Å². The molecule has 5 aromatic carbocycles. The van der Waals surface area contributed by atoms with Crippen LogP contribution in [0.4, 0.5) is 0 Å². The van der Waals surface area contributed by atoms with Gasteiger partial charge in [0.05, 0.1) is 46.2 Å². The van der Waals surface area contributed by atoms with Crippen molar-refractivity contribution < 1.29 is 38.1 Å². The number of hydrogen-bond acceptors (Lipinski definition) is 9. The molecule has 1 spiro atoms. The number of benzene rings is 5. The van der Waals surface area contributed by atoms with Crippen molar-refractivity contribution in [1.82, 2.24) is 5.06 Å². The molecule has 55 heavy (non-hydrogen) atoms. The average Bonchev–Trinajstić information content (AvgIpc) is 3.59. The summed E-state index contributed by atoms with van der Waals surface area (Å²) in [5.41, 5.74) is 4.96. The molecule has 0 saturated carbocycles. The van der Waals surface area contributed by atoms with Gasteiger partial charge in [-0.25, -0.2) is 0 Å². The third kappa shape index (κ3) is 10.1. The average molecular weight is 744 g/mol. The first-order valence-corrected chi connectivity index (χ1v) is 19.0. The second-order valence-corrected chi connectivity index (χ2v) is 13.8. The Bertz CT molecular complexity index is 1870. The van der Waals surface area contributed by atoms with Crippen molar-refractivity contribution in [1.29, 1.82) is 0 Å². The maximum Gasteiger partial charge on any atom is 0.325 e. The Morgan fingerprint density at radius 1 is 0.618 bits per heavy atom. The summed E-state index contributed by atoms with van der Waals surface area (Å²) in [6, 6.07) is 49.1. The summed E-state index contributed by atoms with van der Waals surface area (Å²) < 4.78 is 39.9. The van der Waals surface area contributed by atoms with Crippen LogP contribution < -0.4 is 0 Å². The smallest absolute Gasteiger partial charge is 0.325 e. The molecule has 6 atom stereocenters. The molecule has 2 aliphatic heterocycles. The van der Waals surface area contributed by atoms with E-state index in [9.17, 15) is 4.79 Å². The predicted molar refractivity (Wildman–Crippen MR) is 207 cm³/mol. The van der Waals surface area contributed by atoms with Gasteiger partial charge >= 0.3 is 5.97 Å². The summed E-state index contributed by atoms with van der Waals surface area (Å²) in [4.78, 5) is 20.7. The van der Waals surface area contributed by atoms with Gasteiger partial charge in [-0.15, -0.1) is 0 Å². The van der Waals surface area contributed by atoms with Gasteiger partial charge < -0.3 is 28.4 Å². The summed E-state index contributed by atoms with van der Waals surface area (Å²) in [6.07, 6.45) is -2.76. The van der Waals surface area contributed by atoms with Crippen LogP contribution in [0.2, 0.25) is 0 Å². The minimum atomic E-state index is -1.48. The summed E-state index contributed by atoms with van der Waals surface area (Å²) in [7, 11) is 0. The normalized spacial score (nSPS) is 23.8. The fourth-order valence-corrected chi connectivity index (χ4v) is 7.17. The zero-order chi connectivity index (χ0) is 37.7. The third-order valence-corrected chi connectivity index (χ3v) is 9.85. The van der Waals surface area contributed by atoms with E-state index in [0.717, 1.165) is 27.8 Å². The van der Waals surface area contributed by atoms with Crippen LogP contribution >= 0.6 is 0 Å². The maximum absolute atomic E-state index is 13.8. The number of ether oxygens (including phenoxy) is 6. The van der Waals surface area contributed by atoms with Crippen LogP contribution in [0.1, 0.15) is 41.2 Å². The molecule has 9 nitrogen and oxygen atoms in total. The molecule has 0 aromatic heterocycles. The highest BCUT2D eigenvalue weighted by atomic mass is 16.8. The van der Waals surface area contributed by atoms with E-state index >= 15 is 0 Å². The van der Waals surface area contributed by atoms with E-state index in [0.29, 0.717) is 19.8 Å². The molecule has 0 bridgehead atoms. The Kier molecular flexibility index (Phi) is 13.5. The van der Waals surface area contributed by atoms with Crippen LogP contribution in [0.5, 0.6) is 0 Å². The molecule has 286 valence electrons. The first-order valence-electron chi connectivity index (χ1n) is 19.0. The lowest BCUT2D eigenvalue weighted by Crippen LogP contribution is -2.67. The Hall–Kier alpha value is -4.71. The minimum Gasteiger partial charge on any atom is -0.465 e. The number of nitrogens with zero attached hydrogens (tertiary/aromatic N) is 1. The van der Waals surface area contributed by atoms with E-state index in [2.05, 4.69) is 0 Å². The molecular weight excluding hydrogens is 695 g/mol. The Morgan fingerprint density at radius 3 is 1.58 bits per heavy atom. The van der Waals surface area contributed by atoms with Crippen LogP contribution in [-0.4, -0.2) is 60.5 Å². The molecule has 0 unspecified atom stereocenters. The molecule has 7 rings (SSSR count). The fraction of sp³-hybridized carbons (Fsp3) is 0.326. The molecule has 2 fully saturated rings. The number of hydrogen-bond donors (Lipinski definition) is 0. The molecule has 0 amide bonds. The maximum atomic E-state index is 13.8. The zero-order valence-electron chi connectivity index (χ0n) is 31.2. The van der Waals surface area contributed by atoms with E-state index in [-0.39, 0.29) is 32.8 Å². The fourth-order valence-electron chi connectivity index (χ4n) is 7.17. The van der Waals surface area contributed by atoms with Gasteiger partial charge in [-0.2, -0.15) is 5.06 Å². The molecular formula is C46H49NO8. The van der Waals surface area contributed by atoms with Crippen molar-refractivity contribution in [3.63, 3.8) is 0 Å². The predicted octanol–water partition coefficient (Wildman–Crippen LogP) is 7.82. The quantitative estimate of drug-likeness (QED) is 0.0886. The summed E-state index contributed by atoms with van der Waals surface area (Å²) in [5.74, 6) is -1.88. The lowest BCUT2D eigenvalue weighted by molar-refractivity contribution is -0.408. The largest absolute Gasteiger partial charge is 0.465 e. The van der Waals surface area contributed by atoms with Gasteiger partial charge in [-0.1, -0.05) is 152 Å². The van der Waals surface area contributed by atoms with E-state index in [1.165, 1.54) is 0 Å². The highest BCUT2D eigenvalue weighted by Gasteiger charge is 2.64. The van der Waals surface area contributed by atoms with Gasteiger partial charge in [0.2, 0.25) is 5.79 Å². The van der Waals surface area contributed by atoms with Gasteiger partial charge in [0.25, 0.3) is 0 Å². The molecule has 5 aromatic rings. The highest BCUT2D eigenvalue weighted by Crippen LogP contribution is 2.46. The number of carbonyl (C=O) groups excluding carboxylic acids is 1. The molecule has 0 radical (unpaired) electrons. The number of hydroxylamine groups is 2. The highest BCUT2D eigenvalue weighted by molar-refractivity contribution is 5.76. The van der Waals surface area contributed by atoms with Gasteiger partial charge in [-0.3, -0.25) is 9.63 Å². The van der Waals surface area contributed by atoms with Crippen LogP contribution in [0.3, 0.4) is 0 Å². The van der Waals surface area contributed by atoms with Gasteiger partial charge in [-0.05, 0) is 34.7 Å². The second-order valence-electron chi connectivity index (χ2n) is 13.8. The molecule has 2 heterocycles. The monoisotopic (exact) mass is 743 g/mol. The van der Waals surface area contributed by atoms with Gasteiger partial charge in [0.1, 0.15) is 30.5 Å². The lowest BCUT2D eigenvalue weighted by Gasteiger charge is -2.50. The summed E-state index contributed by atoms with van der Waals surface area (Å²) in [6.45, 7) is 3.72. The van der Waals surface area contributed by atoms with E-state index in [1.807, 2.05) is 152 Å². The van der Waals surface area contributed by atoms with E-state index < -0.39 is 42.2 Å². The van der Waals surface area contributed by atoms with Crippen molar-refractivity contribution >= 4 is 5.97 Å². The first kappa shape index (κ1) is 38.6. The minimum absolute atomic E-state index is 0.129. The van der Waals surface area contributed by atoms with Crippen molar-refractivity contribution in [3.8, 4) is 0 Å². The molecule has 0 N–H and O–H groups in total. The molecule has 0 aliphatic carbocycles. The Morgan fingerprint density at radius 2 is 1.07 bits per heavy atom. The SMILES string of the molecule is CCOC(=O)[C@H]1C[C@]2(O[C@H](COCc3ccccc3)[C@@H](OCc3ccccc3)[C@H](OCc3ccccc3)[C@@H]2OCc2ccccc2)ON1Cc1ccccc1.